The molecule has 2 rings (SSSR count). The smallest absolute Gasteiger partial charge is 0.255 e. The molecule has 1 atom stereocenters. The largest absolute Gasteiger partial charge is 0.319 e. The van der Waals surface area contributed by atoms with E-state index in [1.165, 1.54) is 0 Å². The first-order chi connectivity index (χ1) is 8.65. The van der Waals surface area contributed by atoms with Gasteiger partial charge in [0.15, 0.2) is 0 Å². The van der Waals surface area contributed by atoms with Gasteiger partial charge < -0.3 is 10.3 Å². The third-order valence-electron chi connectivity index (χ3n) is 3.05. The van der Waals surface area contributed by atoms with Crippen LogP contribution in [0.4, 0.5) is 0 Å². The summed E-state index contributed by atoms with van der Waals surface area (Å²) in [6.45, 7) is 4.77. The Hall–Kier alpha value is -1.39. The fraction of sp³-hybridized carbons (Fsp3) is 0.357. The van der Waals surface area contributed by atoms with Crippen LogP contribution in [-0.2, 0) is 6.54 Å². The number of nitrogens with zero attached hydrogens (tertiary/aromatic N) is 1. The molecule has 0 aromatic carbocycles. The molecule has 18 heavy (non-hydrogen) atoms. The van der Waals surface area contributed by atoms with Crippen molar-refractivity contribution in [3.05, 3.63) is 56.1 Å². The summed E-state index contributed by atoms with van der Waals surface area (Å²) in [4.78, 5) is 13.4. The van der Waals surface area contributed by atoms with Crippen molar-refractivity contribution in [2.75, 3.05) is 0 Å². The average Bonchev–Trinajstić information content (AvgIpc) is 2.87. The Bertz CT molecular complexity index is 572. The zero-order chi connectivity index (χ0) is 13.1. The highest BCUT2D eigenvalue weighted by molar-refractivity contribution is 7.10. The van der Waals surface area contributed by atoms with E-state index in [-0.39, 0.29) is 11.6 Å². The van der Waals surface area contributed by atoms with E-state index in [1.807, 2.05) is 41.1 Å². The van der Waals surface area contributed by atoms with Crippen molar-refractivity contribution in [1.82, 2.24) is 4.57 Å². The first-order valence-electron chi connectivity index (χ1n) is 6.14. The normalized spacial score (nSPS) is 12.6. The van der Waals surface area contributed by atoms with E-state index >= 15 is 0 Å². The molecule has 2 aromatic heterocycles. The lowest BCUT2D eigenvalue weighted by atomic mass is 10.1. The van der Waals surface area contributed by atoms with Crippen molar-refractivity contribution >= 4 is 11.3 Å². The molecule has 0 aliphatic carbocycles. The molecule has 0 bridgehead atoms. The van der Waals surface area contributed by atoms with Crippen LogP contribution < -0.4 is 11.3 Å². The Labute approximate surface area is 111 Å². The van der Waals surface area contributed by atoms with Crippen molar-refractivity contribution in [3.63, 3.8) is 0 Å². The van der Waals surface area contributed by atoms with Gasteiger partial charge in [-0.25, -0.2) is 0 Å². The second kappa shape index (κ2) is 5.50. The summed E-state index contributed by atoms with van der Waals surface area (Å²) in [7, 11) is 0. The Kier molecular flexibility index (Phi) is 3.99. The van der Waals surface area contributed by atoms with Crippen LogP contribution in [0.5, 0.6) is 0 Å². The summed E-state index contributed by atoms with van der Waals surface area (Å²) in [6, 6.07) is 7.44. The lowest BCUT2D eigenvalue weighted by Gasteiger charge is -2.14. The summed E-state index contributed by atoms with van der Waals surface area (Å²) >= 11 is 1.58. The van der Waals surface area contributed by atoms with Gasteiger partial charge in [0.1, 0.15) is 0 Å². The first-order valence-corrected chi connectivity index (χ1v) is 7.02. The zero-order valence-electron chi connectivity index (χ0n) is 10.7. The fourth-order valence-corrected chi connectivity index (χ4v) is 2.79. The Morgan fingerprint density at radius 1 is 1.39 bits per heavy atom. The number of pyridine rings is 1. The van der Waals surface area contributed by atoms with Crippen molar-refractivity contribution in [2.24, 2.45) is 5.73 Å². The van der Waals surface area contributed by atoms with Crippen molar-refractivity contribution < 1.29 is 0 Å². The van der Waals surface area contributed by atoms with Gasteiger partial charge >= 0.3 is 0 Å². The van der Waals surface area contributed by atoms with Crippen LogP contribution in [0, 0.1) is 6.92 Å². The zero-order valence-corrected chi connectivity index (χ0v) is 11.5. The molecule has 3 nitrogen and oxygen atoms in total. The van der Waals surface area contributed by atoms with Gasteiger partial charge in [-0.2, -0.15) is 0 Å². The van der Waals surface area contributed by atoms with E-state index in [1.54, 1.807) is 11.3 Å². The first kappa shape index (κ1) is 13.1. The molecule has 2 N–H and O–H groups in total. The molecular weight excluding hydrogens is 244 g/mol. The Morgan fingerprint density at radius 3 is 2.78 bits per heavy atom. The molecule has 4 heteroatoms. The number of rotatable bonds is 4. The summed E-state index contributed by atoms with van der Waals surface area (Å²) in [5.74, 6) is 0. The minimum absolute atomic E-state index is 0.0396. The van der Waals surface area contributed by atoms with Gasteiger partial charge in [-0.05, 0) is 36.9 Å². The molecule has 1 unspecified atom stereocenters. The molecule has 0 aliphatic heterocycles. The number of hydrogen-bond acceptors (Lipinski definition) is 3. The van der Waals surface area contributed by atoms with E-state index < -0.39 is 0 Å². The van der Waals surface area contributed by atoms with Crippen LogP contribution in [-0.4, -0.2) is 4.57 Å². The highest BCUT2D eigenvalue weighted by Crippen LogP contribution is 2.21. The van der Waals surface area contributed by atoms with Crippen molar-refractivity contribution in [3.8, 4) is 0 Å². The fourth-order valence-electron chi connectivity index (χ4n) is 2.05. The van der Waals surface area contributed by atoms with E-state index in [9.17, 15) is 4.79 Å². The van der Waals surface area contributed by atoms with Gasteiger partial charge in [0, 0.05) is 22.7 Å². The SMILES string of the molecule is CCCn1c(C)ccc(C(N)c2cccs2)c1=O. The second-order valence-electron chi connectivity index (χ2n) is 4.38. The van der Waals surface area contributed by atoms with Crippen LogP contribution in [0.2, 0.25) is 0 Å². The van der Waals surface area contributed by atoms with Gasteiger partial charge in [-0.3, -0.25) is 4.79 Å². The number of aryl methyl sites for hydroxylation is 1. The predicted octanol–water partition coefficient (Wildman–Crippen LogP) is 2.68. The Morgan fingerprint density at radius 2 is 2.17 bits per heavy atom. The maximum Gasteiger partial charge on any atom is 0.255 e. The summed E-state index contributed by atoms with van der Waals surface area (Å²) in [5, 5.41) is 1.98. The van der Waals surface area contributed by atoms with Gasteiger partial charge in [-0.1, -0.05) is 13.0 Å². The Balaban J connectivity index is 2.46. The number of thiophene rings is 1. The van der Waals surface area contributed by atoms with Gasteiger partial charge in [0.05, 0.1) is 6.04 Å². The topological polar surface area (TPSA) is 48.0 Å². The monoisotopic (exact) mass is 262 g/mol. The number of nitrogens with two attached hydrogens (primary N) is 1. The molecule has 0 saturated carbocycles. The van der Waals surface area contributed by atoms with Gasteiger partial charge in [-0.15, -0.1) is 11.3 Å². The molecule has 0 aliphatic rings. The van der Waals surface area contributed by atoms with Crippen molar-refractivity contribution in [2.45, 2.75) is 32.9 Å². The van der Waals surface area contributed by atoms with E-state index in [0.29, 0.717) is 5.56 Å². The maximum absolute atomic E-state index is 12.4. The quantitative estimate of drug-likeness (QED) is 0.921. The molecule has 0 amide bonds. The molecule has 0 fully saturated rings. The average molecular weight is 262 g/mol. The second-order valence-corrected chi connectivity index (χ2v) is 5.36. The molecule has 96 valence electrons. The number of hydrogen-bond donors (Lipinski definition) is 1. The highest BCUT2D eigenvalue weighted by atomic mass is 32.1. The molecule has 0 saturated heterocycles. The number of aromatic nitrogens is 1. The third-order valence-corrected chi connectivity index (χ3v) is 4.01. The third kappa shape index (κ3) is 2.40. The lowest BCUT2D eigenvalue weighted by Crippen LogP contribution is -2.29. The summed E-state index contributed by atoms with van der Waals surface area (Å²) < 4.78 is 1.81. The maximum atomic E-state index is 12.4. The molecule has 2 heterocycles. The standard InChI is InChI=1S/C14H18N2OS/c1-3-8-16-10(2)6-7-11(14(16)17)13(15)12-5-4-9-18-12/h4-7,9,13H,3,8,15H2,1-2H3. The van der Waals surface area contributed by atoms with Crippen molar-refractivity contribution in [1.29, 1.82) is 0 Å². The molecular formula is C14H18N2OS. The summed E-state index contributed by atoms with van der Waals surface area (Å²) in [6.07, 6.45) is 0.943. The minimum Gasteiger partial charge on any atom is -0.319 e. The molecule has 0 spiro atoms. The van der Waals surface area contributed by atoms with E-state index in [4.69, 9.17) is 5.73 Å². The predicted molar refractivity (Wildman–Crippen MR) is 76.1 cm³/mol. The lowest BCUT2D eigenvalue weighted by molar-refractivity contribution is 0.624. The molecule has 0 radical (unpaired) electrons. The molecule has 2 aromatic rings. The van der Waals surface area contributed by atoms with Crippen LogP contribution >= 0.6 is 11.3 Å². The minimum atomic E-state index is -0.318. The highest BCUT2D eigenvalue weighted by Gasteiger charge is 2.15. The van der Waals surface area contributed by atoms with E-state index in [2.05, 4.69) is 6.92 Å². The van der Waals surface area contributed by atoms with Gasteiger partial charge in [0.25, 0.3) is 5.56 Å². The van der Waals surface area contributed by atoms with E-state index in [0.717, 1.165) is 23.5 Å². The summed E-state index contributed by atoms with van der Waals surface area (Å²) in [5.41, 5.74) is 7.88. The van der Waals surface area contributed by atoms with Gasteiger partial charge in [0.2, 0.25) is 0 Å². The van der Waals surface area contributed by atoms with Crippen LogP contribution in [0.15, 0.2) is 34.4 Å². The van der Waals surface area contributed by atoms with Crippen LogP contribution in [0.3, 0.4) is 0 Å². The van der Waals surface area contributed by atoms with Crippen LogP contribution in [0.1, 0.15) is 35.5 Å². The van der Waals surface area contributed by atoms with Crippen LogP contribution in [0.25, 0.3) is 0 Å².